The Morgan fingerprint density at radius 1 is 1.58 bits per heavy atom. The minimum Gasteiger partial charge on any atom is -0.505 e. The molecule has 0 spiro atoms. The molecular formula is C6H3BrFNO3. The second-order valence-corrected chi connectivity index (χ2v) is 2.87. The molecular weight excluding hydrogens is 233 g/mol. The number of benzene rings is 1. The topological polar surface area (TPSA) is 63.4 Å². The third-order valence-corrected chi connectivity index (χ3v) is 1.85. The molecule has 0 unspecified atom stereocenters. The van der Waals surface area contributed by atoms with Gasteiger partial charge in [-0.15, -0.1) is 0 Å². The summed E-state index contributed by atoms with van der Waals surface area (Å²) in [7, 11) is 0. The van der Waals surface area contributed by atoms with Gasteiger partial charge < -0.3 is 5.11 Å². The largest absolute Gasteiger partial charge is 0.505 e. The van der Waals surface area contributed by atoms with Gasteiger partial charge in [0.15, 0.2) is 11.6 Å². The van der Waals surface area contributed by atoms with Gasteiger partial charge in [0.1, 0.15) is 0 Å². The average molecular weight is 236 g/mol. The average Bonchev–Trinajstić information content (AvgIpc) is 1.96. The smallest absolute Gasteiger partial charge is 0.286 e. The van der Waals surface area contributed by atoms with E-state index in [1.54, 1.807) is 0 Å². The van der Waals surface area contributed by atoms with Gasteiger partial charge in [-0.1, -0.05) is 0 Å². The fraction of sp³-hybridized carbons (Fsp3) is 0. The van der Waals surface area contributed by atoms with Gasteiger partial charge in [-0.25, -0.2) is 4.39 Å². The molecule has 0 saturated carbocycles. The Balaban J connectivity index is 3.33. The summed E-state index contributed by atoms with van der Waals surface area (Å²) < 4.78 is 12.6. The summed E-state index contributed by atoms with van der Waals surface area (Å²) >= 11 is 2.81. The summed E-state index contributed by atoms with van der Waals surface area (Å²) in [5, 5.41) is 19.0. The highest BCUT2D eigenvalue weighted by molar-refractivity contribution is 9.10. The molecule has 0 saturated heterocycles. The van der Waals surface area contributed by atoms with Crippen LogP contribution >= 0.6 is 15.9 Å². The Morgan fingerprint density at radius 2 is 2.17 bits per heavy atom. The number of rotatable bonds is 1. The molecule has 0 aliphatic carbocycles. The van der Waals surface area contributed by atoms with Crippen molar-refractivity contribution in [3.8, 4) is 5.75 Å². The fourth-order valence-corrected chi connectivity index (χ4v) is 1.14. The number of aromatic hydroxyl groups is 1. The summed E-state index contributed by atoms with van der Waals surface area (Å²) in [6.45, 7) is 0. The van der Waals surface area contributed by atoms with E-state index in [1.165, 1.54) is 0 Å². The Kier molecular flexibility index (Phi) is 2.27. The first-order valence-electron chi connectivity index (χ1n) is 2.85. The Labute approximate surface area is 74.9 Å². The van der Waals surface area contributed by atoms with Gasteiger partial charge in [0.2, 0.25) is 0 Å². The van der Waals surface area contributed by atoms with Gasteiger partial charge in [-0.05, 0) is 15.9 Å². The number of phenols is 1. The molecule has 0 bridgehead atoms. The number of nitrogens with zero attached hydrogens (tertiary/aromatic N) is 1. The third kappa shape index (κ3) is 1.53. The predicted octanol–water partition coefficient (Wildman–Crippen LogP) is 2.20. The van der Waals surface area contributed by atoms with Crippen LogP contribution in [0.1, 0.15) is 0 Å². The van der Waals surface area contributed by atoms with Crippen molar-refractivity contribution in [3.05, 3.63) is 32.5 Å². The second-order valence-electron chi connectivity index (χ2n) is 2.01. The molecule has 4 nitrogen and oxygen atoms in total. The summed E-state index contributed by atoms with van der Waals surface area (Å²) in [4.78, 5) is 9.47. The lowest BCUT2D eigenvalue weighted by Gasteiger charge is -1.97. The first kappa shape index (κ1) is 8.92. The molecule has 0 aliphatic heterocycles. The van der Waals surface area contributed by atoms with Crippen LogP contribution in [0.3, 0.4) is 0 Å². The number of hydrogen-bond donors (Lipinski definition) is 1. The van der Waals surface area contributed by atoms with Crippen molar-refractivity contribution in [1.82, 2.24) is 0 Å². The molecule has 1 N–H and O–H groups in total. The van der Waals surface area contributed by atoms with E-state index in [0.29, 0.717) is 6.07 Å². The van der Waals surface area contributed by atoms with E-state index in [1.807, 2.05) is 0 Å². The molecule has 0 radical (unpaired) electrons. The molecule has 1 aromatic carbocycles. The predicted molar refractivity (Wildman–Crippen MR) is 42.4 cm³/mol. The Hall–Kier alpha value is -1.17. The lowest BCUT2D eigenvalue weighted by Crippen LogP contribution is -1.90. The first-order valence-corrected chi connectivity index (χ1v) is 3.64. The maximum Gasteiger partial charge on any atom is 0.286 e. The van der Waals surface area contributed by atoms with Crippen LogP contribution in [0.15, 0.2) is 16.6 Å². The molecule has 1 aromatic rings. The summed E-state index contributed by atoms with van der Waals surface area (Å²) in [5.41, 5.74) is -0.412. The second kappa shape index (κ2) is 3.06. The van der Waals surface area contributed by atoms with E-state index in [2.05, 4.69) is 15.9 Å². The number of nitro groups is 1. The van der Waals surface area contributed by atoms with Crippen LogP contribution in [0.5, 0.6) is 5.75 Å². The van der Waals surface area contributed by atoms with Crippen LogP contribution in [0.25, 0.3) is 0 Å². The molecule has 0 aliphatic rings. The van der Waals surface area contributed by atoms with Crippen molar-refractivity contribution in [3.63, 3.8) is 0 Å². The van der Waals surface area contributed by atoms with Gasteiger partial charge in [-0.3, -0.25) is 10.1 Å². The lowest BCUT2D eigenvalue weighted by molar-refractivity contribution is -0.385. The highest BCUT2D eigenvalue weighted by Crippen LogP contribution is 2.30. The van der Waals surface area contributed by atoms with Crippen molar-refractivity contribution >= 4 is 21.6 Å². The van der Waals surface area contributed by atoms with Gasteiger partial charge in [0, 0.05) is 6.07 Å². The zero-order chi connectivity index (χ0) is 9.30. The molecule has 64 valence electrons. The minimum absolute atomic E-state index is 0.0476. The highest BCUT2D eigenvalue weighted by Gasteiger charge is 2.15. The zero-order valence-electron chi connectivity index (χ0n) is 5.62. The molecule has 6 heteroatoms. The fourth-order valence-electron chi connectivity index (χ4n) is 0.666. The third-order valence-electron chi connectivity index (χ3n) is 1.21. The maximum absolute atomic E-state index is 12.5. The molecule has 0 aromatic heterocycles. The number of hydrogen-bond acceptors (Lipinski definition) is 3. The lowest BCUT2D eigenvalue weighted by atomic mass is 10.3. The normalized spacial score (nSPS) is 9.83. The SMILES string of the molecule is O=[N+]([O-])c1cc(F)c(O)cc1Br. The number of halogens is 2. The van der Waals surface area contributed by atoms with E-state index < -0.39 is 22.2 Å². The quantitative estimate of drug-likeness (QED) is 0.600. The monoisotopic (exact) mass is 235 g/mol. The van der Waals surface area contributed by atoms with E-state index in [-0.39, 0.29) is 4.47 Å². The van der Waals surface area contributed by atoms with Crippen molar-refractivity contribution in [1.29, 1.82) is 0 Å². The molecule has 0 heterocycles. The molecule has 12 heavy (non-hydrogen) atoms. The maximum atomic E-state index is 12.5. The van der Waals surface area contributed by atoms with Crippen LogP contribution in [0, 0.1) is 15.9 Å². The number of phenolic OH excluding ortho intramolecular Hbond substituents is 1. The molecule has 0 fully saturated rings. The van der Waals surface area contributed by atoms with Crippen LogP contribution in [-0.4, -0.2) is 10.0 Å². The van der Waals surface area contributed by atoms with E-state index in [0.717, 1.165) is 6.07 Å². The van der Waals surface area contributed by atoms with E-state index >= 15 is 0 Å². The van der Waals surface area contributed by atoms with Crippen molar-refractivity contribution in [2.75, 3.05) is 0 Å². The minimum atomic E-state index is -1.01. The van der Waals surface area contributed by atoms with Crippen LogP contribution < -0.4 is 0 Å². The standard InChI is InChI=1S/C6H3BrFNO3/c7-3-1-6(10)4(8)2-5(3)9(11)12/h1-2,10H. The van der Waals surface area contributed by atoms with Gasteiger partial charge in [0.25, 0.3) is 5.69 Å². The van der Waals surface area contributed by atoms with Crippen molar-refractivity contribution < 1.29 is 14.4 Å². The zero-order valence-corrected chi connectivity index (χ0v) is 7.21. The first-order chi connectivity index (χ1) is 5.52. The Bertz CT molecular complexity index is 342. The van der Waals surface area contributed by atoms with Gasteiger partial charge in [-0.2, -0.15) is 0 Å². The highest BCUT2D eigenvalue weighted by atomic mass is 79.9. The van der Waals surface area contributed by atoms with Gasteiger partial charge >= 0.3 is 0 Å². The van der Waals surface area contributed by atoms with Gasteiger partial charge in [0.05, 0.1) is 15.5 Å². The van der Waals surface area contributed by atoms with Crippen LogP contribution in [0.4, 0.5) is 10.1 Å². The number of nitro benzene ring substituents is 1. The van der Waals surface area contributed by atoms with Crippen molar-refractivity contribution in [2.24, 2.45) is 0 Å². The summed E-state index contributed by atoms with van der Waals surface area (Å²) in [6, 6.07) is 1.59. The summed E-state index contributed by atoms with van der Waals surface area (Å²) in [5.74, 6) is -1.63. The molecule has 0 atom stereocenters. The van der Waals surface area contributed by atoms with Crippen LogP contribution in [-0.2, 0) is 0 Å². The van der Waals surface area contributed by atoms with E-state index in [9.17, 15) is 14.5 Å². The Morgan fingerprint density at radius 3 is 2.67 bits per heavy atom. The molecule has 1 rings (SSSR count). The van der Waals surface area contributed by atoms with Crippen LogP contribution in [0.2, 0.25) is 0 Å². The van der Waals surface area contributed by atoms with E-state index in [4.69, 9.17) is 5.11 Å². The molecule has 0 amide bonds. The summed E-state index contributed by atoms with van der Waals surface area (Å²) in [6.07, 6.45) is 0. The van der Waals surface area contributed by atoms with Crippen molar-refractivity contribution in [2.45, 2.75) is 0 Å².